The lowest BCUT2D eigenvalue weighted by Gasteiger charge is -2.47. The smallest absolute Gasteiger partial charge is 0.324 e. The van der Waals surface area contributed by atoms with Gasteiger partial charge in [-0.2, -0.15) is 0 Å². The number of fused-ring (bicyclic) bond motifs is 5. The van der Waals surface area contributed by atoms with Gasteiger partial charge in [0, 0.05) is 104 Å². The topological polar surface area (TPSA) is 151 Å². The number of methoxy groups -OCH3 is 1. The number of esters is 1. The zero-order valence-electron chi connectivity index (χ0n) is 39.7. The molecule has 8 heterocycles. The number of carbonyl (C=O) groups is 4. The SMILES string of the molecule is CCn1c(-c2cccnc2[C@@](C)([Si])OC)c2c3cc(ccc31)-c1csc(n1)CC1([Si]N1C(=O)C(=C(C)C)N(C)C(=O)N1CC(C3COC3)C1)C(=O)N1CCC[C@]3(CC3N1)C(=O)OCC(C)(C)C2. The Morgan fingerprint density at radius 3 is 2.61 bits per heavy atom. The number of ether oxygens (including phenoxy) is 3. The third-order valence-electron chi connectivity index (χ3n) is 14.9. The van der Waals surface area contributed by atoms with Gasteiger partial charge in [-0.05, 0) is 88.8 Å². The van der Waals surface area contributed by atoms with Crippen molar-refractivity contribution in [1.82, 2.24) is 39.3 Å². The number of cyclic esters (lactones) is 1. The van der Waals surface area contributed by atoms with Crippen molar-refractivity contribution in [2.24, 2.45) is 22.7 Å². The number of allylic oxidation sites excluding steroid dienone is 1. The second kappa shape index (κ2) is 16.8. The molecule has 5 radical (unpaired) electrons. The molecule has 18 heteroatoms. The van der Waals surface area contributed by atoms with Gasteiger partial charge in [0.05, 0.1) is 62.8 Å². The van der Waals surface area contributed by atoms with E-state index in [0.29, 0.717) is 69.3 Å². The molecule has 4 atom stereocenters. The molecule has 1 N–H and O–H groups in total. The van der Waals surface area contributed by atoms with Crippen LogP contribution in [0.3, 0.4) is 0 Å². The summed E-state index contributed by atoms with van der Waals surface area (Å²) >= 11 is 1.48. The van der Waals surface area contributed by atoms with Gasteiger partial charge in [0.1, 0.15) is 10.9 Å². The molecular weight excluding hydrogens is 901 g/mol. The molecule has 5 aliphatic heterocycles. The maximum atomic E-state index is 15.2. The van der Waals surface area contributed by atoms with Crippen molar-refractivity contribution >= 4 is 66.0 Å². The number of likely N-dealkylation sites (N-methyl/N-ethyl adjacent to an activating group) is 1. The van der Waals surface area contributed by atoms with Gasteiger partial charge < -0.3 is 28.2 Å². The number of hydrogen-bond acceptors (Lipinski definition) is 11. The molecule has 5 fully saturated rings. The molecule has 351 valence electrons. The molecular formula is C49H59N8O7SSi2. The summed E-state index contributed by atoms with van der Waals surface area (Å²) in [5.41, 5.74) is 9.74. The van der Waals surface area contributed by atoms with Gasteiger partial charge in [-0.1, -0.05) is 19.9 Å². The van der Waals surface area contributed by atoms with Crippen LogP contribution in [0.25, 0.3) is 33.4 Å². The lowest BCUT2D eigenvalue weighted by molar-refractivity contribution is -0.154. The van der Waals surface area contributed by atoms with Gasteiger partial charge in [-0.3, -0.25) is 29.3 Å². The molecule has 1 aromatic carbocycles. The van der Waals surface area contributed by atoms with Crippen LogP contribution in [-0.4, -0.2) is 142 Å². The minimum absolute atomic E-state index is 0.180. The van der Waals surface area contributed by atoms with Crippen molar-refractivity contribution < 1.29 is 33.4 Å². The Bertz CT molecular complexity index is 2720. The maximum Gasteiger partial charge on any atom is 0.324 e. The zero-order valence-corrected chi connectivity index (χ0v) is 42.5. The first kappa shape index (κ1) is 46.0. The van der Waals surface area contributed by atoms with Crippen molar-refractivity contribution in [3.05, 3.63) is 69.4 Å². The summed E-state index contributed by atoms with van der Waals surface area (Å²) in [6.07, 6.45) is 4.29. The molecule has 15 nitrogen and oxygen atoms in total. The highest BCUT2D eigenvalue weighted by Crippen LogP contribution is 2.53. The van der Waals surface area contributed by atoms with E-state index in [9.17, 15) is 14.4 Å². The summed E-state index contributed by atoms with van der Waals surface area (Å²) in [6, 6.07) is 9.97. The monoisotopic (exact) mass is 959 g/mol. The van der Waals surface area contributed by atoms with Gasteiger partial charge in [0.2, 0.25) is 9.68 Å². The number of urea groups is 1. The number of aromatic nitrogens is 3. The molecule has 4 amide bonds. The number of thiazole rings is 1. The minimum atomic E-state index is -1.23. The van der Waals surface area contributed by atoms with Gasteiger partial charge in [0.25, 0.3) is 11.8 Å². The predicted octanol–water partition coefficient (Wildman–Crippen LogP) is 5.47. The first-order valence-corrected chi connectivity index (χ1v) is 25.8. The van der Waals surface area contributed by atoms with E-state index < -0.39 is 21.2 Å². The Labute approximate surface area is 401 Å². The number of amides is 4. The maximum absolute atomic E-state index is 15.2. The van der Waals surface area contributed by atoms with E-state index in [-0.39, 0.29) is 58.3 Å². The average Bonchev–Trinajstić information content (AvgIpc) is 4.10. The number of hydrogen-bond donors (Lipinski definition) is 1. The number of pyridine rings is 1. The Morgan fingerprint density at radius 1 is 1.13 bits per heavy atom. The highest BCUT2D eigenvalue weighted by molar-refractivity contribution is 7.10. The second-order valence-corrected chi connectivity index (χ2v) is 23.9. The Hall–Kier alpha value is -4.73. The fraction of sp³-hybridized carbons (Fsp3) is 0.551. The van der Waals surface area contributed by atoms with Crippen LogP contribution in [0.5, 0.6) is 0 Å². The first-order valence-electron chi connectivity index (χ1n) is 23.4. The summed E-state index contributed by atoms with van der Waals surface area (Å²) < 4.78 is 21.6. The van der Waals surface area contributed by atoms with Crippen molar-refractivity contribution in [1.29, 1.82) is 0 Å². The van der Waals surface area contributed by atoms with Crippen LogP contribution in [0, 0.1) is 22.7 Å². The number of hydrazine groups is 1. The van der Waals surface area contributed by atoms with Gasteiger partial charge in [0.15, 0.2) is 0 Å². The fourth-order valence-electron chi connectivity index (χ4n) is 10.7. The third-order valence-corrected chi connectivity index (χ3v) is 17.8. The Kier molecular flexibility index (Phi) is 11.5. The van der Waals surface area contributed by atoms with Crippen LogP contribution < -0.4 is 5.43 Å². The van der Waals surface area contributed by atoms with Crippen LogP contribution >= 0.6 is 11.3 Å². The number of carbonyl (C=O) groups excluding carboxylic acids is 4. The molecule has 6 bridgehead atoms. The summed E-state index contributed by atoms with van der Waals surface area (Å²) in [6.45, 7) is 16.0. The van der Waals surface area contributed by atoms with E-state index >= 15 is 4.79 Å². The molecule has 4 aromatic rings. The number of rotatable bonds is 7. The van der Waals surface area contributed by atoms with Crippen molar-refractivity contribution in [2.75, 3.05) is 53.6 Å². The molecule has 4 saturated heterocycles. The number of aryl methyl sites for hydroxylation is 1. The van der Waals surface area contributed by atoms with Gasteiger partial charge in [-0.15, -0.1) is 11.3 Å². The molecule has 67 heavy (non-hydrogen) atoms. The lowest BCUT2D eigenvalue weighted by Crippen LogP contribution is -2.59. The molecule has 3 aromatic heterocycles. The molecule has 1 saturated carbocycles. The summed E-state index contributed by atoms with van der Waals surface area (Å²) in [7, 11) is 7.01. The quantitative estimate of drug-likeness (QED) is 0.109. The number of nitrogens with one attached hydrogen (secondary N) is 1. The van der Waals surface area contributed by atoms with E-state index in [1.807, 2.05) is 32.2 Å². The lowest BCUT2D eigenvalue weighted by atomic mass is 9.84. The van der Waals surface area contributed by atoms with Crippen molar-refractivity contribution in [3.8, 4) is 22.5 Å². The standard InChI is InChI=1S/C49H59N8O7SSi2/c1-9-55-36-14-13-29-18-33(36)34(40(55)32-12-10-16-50-41(32)47(6,66)62-8)19-46(4,5)27-64-44(60)48-15-11-17-56(52-37(48)20-48)43(59)49(21-38-51-35(29)26-65-38)57(67-49)42(58)39(28(2)3)53(7)45(61)54-22-30(23-54)31-24-63-25-31/h10,12-14,16,18,26,30-31,37,52H,9,11,15,17,19-25,27H2,1-8H3/t37?,47-,48-,49?,57?/m1/s1. The molecule has 1 aliphatic carbocycles. The molecule has 2 unspecified atom stereocenters. The predicted molar refractivity (Wildman–Crippen MR) is 255 cm³/mol. The molecule has 10 rings (SSSR count). The van der Waals surface area contributed by atoms with Crippen LogP contribution in [0.15, 0.2) is 53.2 Å². The van der Waals surface area contributed by atoms with Crippen LogP contribution in [0.1, 0.15) is 77.1 Å². The van der Waals surface area contributed by atoms with E-state index in [2.05, 4.69) is 65.3 Å². The number of benzene rings is 1. The van der Waals surface area contributed by atoms with E-state index in [1.165, 1.54) is 16.2 Å². The van der Waals surface area contributed by atoms with Crippen molar-refractivity contribution in [3.63, 3.8) is 0 Å². The highest BCUT2D eigenvalue weighted by Gasteiger charge is 2.67. The summed E-state index contributed by atoms with van der Waals surface area (Å²) in [5, 5.41) is 3.36. The number of nitrogens with zero attached hydrogens (tertiary/aromatic N) is 7. The Morgan fingerprint density at radius 2 is 1.91 bits per heavy atom. The van der Waals surface area contributed by atoms with E-state index in [0.717, 1.165) is 62.9 Å². The van der Waals surface area contributed by atoms with Gasteiger partial charge in [-0.25, -0.2) is 15.2 Å². The Balaban J connectivity index is 1.04. The van der Waals surface area contributed by atoms with Gasteiger partial charge >= 0.3 is 12.0 Å². The average molecular weight is 960 g/mol. The zero-order chi connectivity index (χ0) is 47.4. The van der Waals surface area contributed by atoms with Crippen LogP contribution in [0.2, 0.25) is 0 Å². The number of likely N-dealkylation sites (tertiary alicyclic amines) is 1. The van der Waals surface area contributed by atoms with Crippen molar-refractivity contribution in [2.45, 2.75) is 96.6 Å². The van der Waals surface area contributed by atoms with Crippen LogP contribution in [-0.2, 0) is 53.2 Å². The largest absolute Gasteiger partial charge is 0.465 e. The normalized spacial score (nSPS) is 25.9. The first-order chi connectivity index (χ1) is 31.9. The van der Waals surface area contributed by atoms with E-state index in [4.69, 9.17) is 24.2 Å². The fourth-order valence-corrected chi connectivity index (χ4v) is 13.2. The molecule has 1 spiro atoms. The summed E-state index contributed by atoms with van der Waals surface area (Å²) in [5.74, 6) is 0.0257. The third kappa shape index (κ3) is 7.79. The highest BCUT2D eigenvalue weighted by atomic mass is 32.1. The van der Waals surface area contributed by atoms with Crippen LogP contribution in [0.4, 0.5) is 4.79 Å². The second-order valence-electron chi connectivity index (χ2n) is 20.5. The minimum Gasteiger partial charge on any atom is -0.465 e. The molecule has 6 aliphatic rings. The van der Waals surface area contributed by atoms with E-state index in [1.54, 1.807) is 34.8 Å². The summed E-state index contributed by atoms with van der Waals surface area (Å²) in [4.78, 5) is 71.5.